The number of nitrogens with two attached hydrogens (primary N) is 1. The molecule has 2 aliphatic rings. The van der Waals surface area contributed by atoms with Gasteiger partial charge in [0.25, 0.3) is 0 Å². The Bertz CT molecular complexity index is 326. The topological polar surface area (TPSA) is 26.0 Å². The molecule has 14 heavy (non-hydrogen) atoms. The third-order valence-corrected chi connectivity index (χ3v) is 5.25. The Kier molecular flexibility index (Phi) is 1.96. The lowest BCUT2D eigenvalue weighted by atomic mass is 9.97. The molecule has 0 radical (unpaired) electrons. The molecular weight excluding hydrogens is 190 g/mol. The molecule has 1 nitrogen and oxygen atoms in total. The minimum absolute atomic E-state index is 0.419. The zero-order valence-corrected chi connectivity index (χ0v) is 9.33. The number of hydrogen-bond acceptors (Lipinski definition) is 2. The van der Waals surface area contributed by atoms with Crippen molar-refractivity contribution in [2.24, 2.45) is 5.73 Å². The maximum atomic E-state index is 5.87. The summed E-state index contributed by atoms with van der Waals surface area (Å²) in [5.74, 6) is 0. The van der Waals surface area contributed by atoms with Crippen LogP contribution >= 0.6 is 11.3 Å². The lowest BCUT2D eigenvalue weighted by Crippen LogP contribution is -2.18. The van der Waals surface area contributed by atoms with Crippen molar-refractivity contribution < 1.29 is 0 Å². The lowest BCUT2D eigenvalue weighted by molar-refractivity contribution is 0.693. The van der Waals surface area contributed by atoms with E-state index in [-0.39, 0.29) is 0 Å². The highest BCUT2D eigenvalue weighted by atomic mass is 32.1. The second-order valence-corrected chi connectivity index (χ2v) is 5.89. The molecule has 3 rings (SSSR count). The van der Waals surface area contributed by atoms with Crippen LogP contribution in [0.2, 0.25) is 0 Å². The smallest absolute Gasteiger partial charge is 0.0170 e. The third kappa shape index (κ3) is 1.24. The lowest BCUT2D eigenvalue weighted by Gasteiger charge is -2.08. The van der Waals surface area contributed by atoms with Gasteiger partial charge in [0.2, 0.25) is 0 Å². The number of rotatable bonds is 2. The van der Waals surface area contributed by atoms with E-state index < -0.39 is 0 Å². The van der Waals surface area contributed by atoms with Crippen LogP contribution < -0.4 is 5.73 Å². The molecule has 1 aromatic rings. The summed E-state index contributed by atoms with van der Waals surface area (Å²) in [4.78, 5) is 3.25. The van der Waals surface area contributed by atoms with Crippen LogP contribution in [0.1, 0.15) is 41.0 Å². The van der Waals surface area contributed by atoms with Gasteiger partial charge in [0.1, 0.15) is 0 Å². The number of fused-ring (bicyclic) bond motifs is 1. The standard InChI is InChI=1S/C12H17NS/c13-8-12(5-6-12)11-7-9-3-1-2-4-10(9)14-11/h7H,1-6,8,13H2. The summed E-state index contributed by atoms with van der Waals surface area (Å²) in [5.41, 5.74) is 7.92. The van der Waals surface area contributed by atoms with Crippen LogP contribution in [0.5, 0.6) is 0 Å². The Morgan fingerprint density at radius 2 is 2.07 bits per heavy atom. The maximum absolute atomic E-state index is 5.87. The summed E-state index contributed by atoms with van der Waals surface area (Å²) in [5, 5.41) is 0. The molecule has 1 aromatic heterocycles. The van der Waals surface area contributed by atoms with Gasteiger partial charge in [-0.25, -0.2) is 0 Å². The van der Waals surface area contributed by atoms with Gasteiger partial charge in [-0.3, -0.25) is 0 Å². The molecule has 0 amide bonds. The first-order valence-electron chi connectivity index (χ1n) is 5.66. The van der Waals surface area contributed by atoms with Crippen molar-refractivity contribution in [3.63, 3.8) is 0 Å². The molecule has 76 valence electrons. The summed E-state index contributed by atoms with van der Waals surface area (Å²) in [7, 11) is 0. The average Bonchev–Trinajstić information content (AvgIpc) is 2.91. The first-order chi connectivity index (χ1) is 6.84. The van der Waals surface area contributed by atoms with E-state index in [2.05, 4.69) is 6.07 Å². The van der Waals surface area contributed by atoms with Gasteiger partial charge in [0, 0.05) is 21.7 Å². The van der Waals surface area contributed by atoms with E-state index in [9.17, 15) is 0 Å². The van der Waals surface area contributed by atoms with Crippen LogP contribution in [0.4, 0.5) is 0 Å². The van der Waals surface area contributed by atoms with E-state index in [1.807, 2.05) is 11.3 Å². The number of hydrogen-bond donors (Lipinski definition) is 1. The molecule has 0 bridgehead atoms. The van der Waals surface area contributed by atoms with E-state index in [1.54, 1.807) is 15.3 Å². The molecule has 1 fully saturated rings. The van der Waals surface area contributed by atoms with Gasteiger partial charge >= 0.3 is 0 Å². The van der Waals surface area contributed by atoms with Crippen molar-refractivity contribution in [3.8, 4) is 0 Å². The van der Waals surface area contributed by atoms with Crippen molar-refractivity contribution in [1.82, 2.24) is 0 Å². The predicted molar refractivity (Wildman–Crippen MR) is 60.9 cm³/mol. The van der Waals surface area contributed by atoms with Crippen molar-refractivity contribution in [1.29, 1.82) is 0 Å². The van der Waals surface area contributed by atoms with Gasteiger partial charge in [-0.15, -0.1) is 11.3 Å². The Hall–Kier alpha value is -0.340. The second kappa shape index (κ2) is 3.07. The summed E-state index contributed by atoms with van der Waals surface area (Å²) in [6.45, 7) is 0.854. The summed E-state index contributed by atoms with van der Waals surface area (Å²) in [6.07, 6.45) is 8.06. The van der Waals surface area contributed by atoms with Crippen molar-refractivity contribution in [2.75, 3.05) is 6.54 Å². The second-order valence-electron chi connectivity index (χ2n) is 4.75. The van der Waals surface area contributed by atoms with E-state index in [0.717, 1.165) is 6.54 Å². The van der Waals surface area contributed by atoms with Crippen LogP contribution in [0.15, 0.2) is 6.07 Å². The summed E-state index contributed by atoms with van der Waals surface area (Å²) >= 11 is 2.05. The van der Waals surface area contributed by atoms with Crippen molar-refractivity contribution >= 4 is 11.3 Å². The number of aryl methyl sites for hydroxylation is 2. The average molecular weight is 207 g/mol. The highest BCUT2D eigenvalue weighted by Gasteiger charge is 2.44. The molecule has 0 unspecified atom stereocenters. The minimum Gasteiger partial charge on any atom is -0.330 e. The van der Waals surface area contributed by atoms with Crippen molar-refractivity contribution in [2.45, 2.75) is 43.9 Å². The fourth-order valence-electron chi connectivity index (χ4n) is 2.45. The third-order valence-electron chi connectivity index (χ3n) is 3.76. The highest BCUT2D eigenvalue weighted by molar-refractivity contribution is 7.12. The largest absolute Gasteiger partial charge is 0.330 e. The molecule has 0 aliphatic heterocycles. The molecule has 0 spiro atoms. The van der Waals surface area contributed by atoms with Crippen molar-refractivity contribution in [3.05, 3.63) is 21.4 Å². The number of thiophene rings is 1. The molecule has 0 aromatic carbocycles. The summed E-state index contributed by atoms with van der Waals surface area (Å²) in [6, 6.07) is 2.46. The molecule has 2 heteroatoms. The fourth-order valence-corrected chi connectivity index (χ4v) is 3.96. The van der Waals surface area contributed by atoms with Crippen LogP contribution in [-0.4, -0.2) is 6.54 Å². The van der Waals surface area contributed by atoms with Crippen LogP contribution in [0, 0.1) is 0 Å². The van der Waals surface area contributed by atoms with Gasteiger partial charge in [-0.05, 0) is 50.2 Å². The van der Waals surface area contributed by atoms with Crippen LogP contribution in [0.25, 0.3) is 0 Å². The van der Waals surface area contributed by atoms with E-state index in [0.29, 0.717) is 5.41 Å². The van der Waals surface area contributed by atoms with Crippen LogP contribution in [-0.2, 0) is 18.3 Å². The highest BCUT2D eigenvalue weighted by Crippen LogP contribution is 2.51. The van der Waals surface area contributed by atoms with E-state index >= 15 is 0 Å². The molecule has 0 atom stereocenters. The molecule has 1 saturated carbocycles. The molecule has 0 saturated heterocycles. The Balaban J connectivity index is 1.96. The SMILES string of the molecule is NCC1(c2cc3c(s2)CCCC3)CC1. The molecular formula is C12H17NS. The first-order valence-corrected chi connectivity index (χ1v) is 6.48. The zero-order chi connectivity index (χ0) is 9.60. The van der Waals surface area contributed by atoms with Gasteiger partial charge in [-0.1, -0.05) is 0 Å². The molecule has 2 N–H and O–H groups in total. The van der Waals surface area contributed by atoms with Gasteiger partial charge in [-0.2, -0.15) is 0 Å². The zero-order valence-electron chi connectivity index (χ0n) is 8.51. The monoisotopic (exact) mass is 207 g/mol. The predicted octanol–water partition coefficient (Wildman–Crippen LogP) is 2.62. The van der Waals surface area contributed by atoms with Gasteiger partial charge < -0.3 is 5.73 Å². The Morgan fingerprint density at radius 3 is 2.71 bits per heavy atom. The maximum Gasteiger partial charge on any atom is 0.0170 e. The van der Waals surface area contributed by atoms with E-state index in [1.165, 1.54) is 38.5 Å². The fraction of sp³-hybridized carbons (Fsp3) is 0.667. The molecule has 1 heterocycles. The quantitative estimate of drug-likeness (QED) is 0.792. The van der Waals surface area contributed by atoms with Crippen LogP contribution in [0.3, 0.4) is 0 Å². The Morgan fingerprint density at radius 1 is 1.29 bits per heavy atom. The van der Waals surface area contributed by atoms with E-state index in [4.69, 9.17) is 5.73 Å². The Labute approximate surface area is 89.3 Å². The van der Waals surface area contributed by atoms with Gasteiger partial charge in [0.05, 0.1) is 0 Å². The first kappa shape index (κ1) is 8.93. The van der Waals surface area contributed by atoms with Gasteiger partial charge in [0.15, 0.2) is 0 Å². The normalized spacial score (nSPS) is 23.2. The minimum atomic E-state index is 0.419. The molecule has 2 aliphatic carbocycles. The summed E-state index contributed by atoms with van der Waals surface area (Å²) < 4.78 is 0.